The molecule has 1 saturated heterocycles. The molecule has 1 heterocycles. The lowest BCUT2D eigenvalue weighted by molar-refractivity contribution is -0.126. The quantitative estimate of drug-likeness (QED) is 0.693. The molecule has 0 radical (unpaired) electrons. The predicted octanol–water partition coefficient (Wildman–Crippen LogP) is 2.74. The number of ether oxygens (including phenoxy) is 1. The number of benzene rings is 2. The van der Waals surface area contributed by atoms with E-state index in [1.54, 1.807) is 13.2 Å². The lowest BCUT2D eigenvalue weighted by atomic mass is 9.97. The van der Waals surface area contributed by atoms with E-state index in [0.717, 1.165) is 11.3 Å². The summed E-state index contributed by atoms with van der Waals surface area (Å²) in [4.78, 5) is 12.4. The van der Waals surface area contributed by atoms with Crippen LogP contribution >= 0.6 is 0 Å². The van der Waals surface area contributed by atoms with Crippen LogP contribution in [0.1, 0.15) is 24.0 Å². The van der Waals surface area contributed by atoms with E-state index in [2.05, 4.69) is 5.32 Å². The fourth-order valence-electron chi connectivity index (χ4n) is 3.57. The number of nitrogens with zero attached hydrogens (tertiary/aromatic N) is 1. The van der Waals surface area contributed by atoms with Gasteiger partial charge in [0.1, 0.15) is 11.6 Å². The lowest BCUT2D eigenvalue weighted by Gasteiger charge is -2.30. The predicted molar refractivity (Wildman–Crippen MR) is 113 cm³/mol. The Morgan fingerprint density at radius 3 is 2.43 bits per heavy atom. The van der Waals surface area contributed by atoms with Gasteiger partial charge in [-0.25, -0.2) is 17.1 Å². The number of hydrogen-bond acceptors (Lipinski definition) is 4. The van der Waals surface area contributed by atoms with Crippen molar-refractivity contribution in [3.8, 4) is 5.75 Å². The highest BCUT2D eigenvalue weighted by molar-refractivity contribution is 7.88. The summed E-state index contributed by atoms with van der Waals surface area (Å²) >= 11 is 0. The second-order valence-electron chi connectivity index (χ2n) is 7.41. The molecule has 0 unspecified atom stereocenters. The average molecular weight is 435 g/mol. The number of amides is 1. The van der Waals surface area contributed by atoms with Crippen molar-refractivity contribution >= 4 is 15.9 Å². The molecule has 1 fully saturated rings. The Hall–Kier alpha value is -2.45. The molecule has 1 N–H and O–H groups in total. The maximum atomic E-state index is 13.8. The number of halogens is 1. The molecule has 0 saturated carbocycles. The number of carbonyl (C=O) groups excluding carboxylic acids is 1. The Morgan fingerprint density at radius 2 is 1.80 bits per heavy atom. The molecule has 1 amide bonds. The molecule has 30 heavy (non-hydrogen) atoms. The van der Waals surface area contributed by atoms with Crippen molar-refractivity contribution in [1.82, 2.24) is 9.62 Å². The lowest BCUT2D eigenvalue weighted by Crippen LogP contribution is -2.43. The molecule has 3 rings (SSSR count). The number of piperidine rings is 1. The smallest absolute Gasteiger partial charge is 0.223 e. The molecule has 6 nitrogen and oxygen atoms in total. The van der Waals surface area contributed by atoms with E-state index >= 15 is 0 Å². The zero-order valence-electron chi connectivity index (χ0n) is 17.0. The molecule has 0 aromatic heterocycles. The summed E-state index contributed by atoms with van der Waals surface area (Å²) in [5.74, 6) is -0.347. The van der Waals surface area contributed by atoms with Crippen molar-refractivity contribution in [2.75, 3.05) is 26.7 Å². The minimum atomic E-state index is -3.62. The first kappa shape index (κ1) is 22.2. The van der Waals surface area contributed by atoms with Gasteiger partial charge in [-0.1, -0.05) is 30.3 Å². The Bertz CT molecular complexity index is 955. The third kappa shape index (κ3) is 5.79. The van der Waals surface area contributed by atoms with E-state index in [1.807, 2.05) is 24.3 Å². The summed E-state index contributed by atoms with van der Waals surface area (Å²) in [5, 5.41) is 2.94. The first-order chi connectivity index (χ1) is 14.4. The molecule has 1 aliphatic heterocycles. The van der Waals surface area contributed by atoms with Crippen molar-refractivity contribution in [3.63, 3.8) is 0 Å². The molecular weight excluding hydrogens is 407 g/mol. The molecule has 0 atom stereocenters. The van der Waals surface area contributed by atoms with E-state index in [0.29, 0.717) is 25.8 Å². The fraction of sp³-hybridized carbons (Fsp3) is 0.409. The highest BCUT2D eigenvalue weighted by Gasteiger charge is 2.31. The molecular formula is C22H27FN2O4S. The number of nitrogens with one attached hydrogen (secondary N) is 1. The van der Waals surface area contributed by atoms with Crippen LogP contribution in [0.5, 0.6) is 5.75 Å². The minimum absolute atomic E-state index is 0.0466. The number of methoxy groups -OCH3 is 1. The van der Waals surface area contributed by atoms with Gasteiger partial charge in [0.05, 0.1) is 12.9 Å². The van der Waals surface area contributed by atoms with Crippen LogP contribution in [0.15, 0.2) is 48.5 Å². The average Bonchev–Trinajstić information content (AvgIpc) is 2.76. The Morgan fingerprint density at radius 1 is 1.13 bits per heavy atom. The molecule has 2 aromatic carbocycles. The third-order valence-corrected chi connectivity index (χ3v) is 7.21. The SMILES string of the molecule is COc1ccc(CCNC(=O)C2CCN(S(=O)(=O)Cc3ccccc3F)CC2)cc1. The standard InChI is InChI=1S/C22H27FN2O4S/c1-29-20-8-6-17(7-9-20)10-13-24-22(26)18-11-14-25(15-12-18)30(27,28)16-19-4-2-3-5-21(19)23/h2-9,18H,10-16H2,1H3,(H,24,26). The summed E-state index contributed by atoms with van der Waals surface area (Å²) in [7, 11) is -2.00. The van der Waals surface area contributed by atoms with E-state index in [-0.39, 0.29) is 36.2 Å². The van der Waals surface area contributed by atoms with Crippen molar-refractivity contribution in [2.45, 2.75) is 25.0 Å². The number of rotatable bonds is 8. The topological polar surface area (TPSA) is 75.7 Å². The van der Waals surface area contributed by atoms with Crippen molar-refractivity contribution in [3.05, 3.63) is 65.5 Å². The van der Waals surface area contributed by atoms with Gasteiger partial charge in [0, 0.05) is 31.1 Å². The zero-order chi connectivity index (χ0) is 21.6. The van der Waals surface area contributed by atoms with Gasteiger partial charge >= 0.3 is 0 Å². The Kier molecular flexibility index (Phi) is 7.44. The number of hydrogen-bond donors (Lipinski definition) is 1. The van der Waals surface area contributed by atoms with Crippen molar-refractivity contribution in [2.24, 2.45) is 5.92 Å². The third-order valence-electron chi connectivity index (χ3n) is 5.39. The van der Waals surface area contributed by atoms with E-state index < -0.39 is 15.8 Å². The van der Waals surface area contributed by atoms with Crippen molar-refractivity contribution in [1.29, 1.82) is 0 Å². The van der Waals surface area contributed by atoms with Crippen LogP contribution in [0.25, 0.3) is 0 Å². The van der Waals surface area contributed by atoms with Crippen LogP contribution in [0, 0.1) is 11.7 Å². The van der Waals surface area contributed by atoms with Crippen LogP contribution in [0.2, 0.25) is 0 Å². The van der Waals surface area contributed by atoms with Crippen molar-refractivity contribution < 1.29 is 22.3 Å². The van der Waals surface area contributed by atoms with Crippen LogP contribution in [-0.2, 0) is 27.0 Å². The fourth-order valence-corrected chi connectivity index (χ4v) is 5.14. The first-order valence-electron chi connectivity index (χ1n) is 10.0. The highest BCUT2D eigenvalue weighted by atomic mass is 32.2. The normalized spacial score (nSPS) is 15.7. The van der Waals surface area contributed by atoms with Gasteiger partial charge in [-0.05, 0) is 43.0 Å². The van der Waals surface area contributed by atoms with Gasteiger partial charge in [0.25, 0.3) is 0 Å². The largest absolute Gasteiger partial charge is 0.497 e. The summed E-state index contributed by atoms with van der Waals surface area (Å²) in [5.41, 5.74) is 1.26. The van der Waals surface area contributed by atoms with Gasteiger partial charge < -0.3 is 10.1 Å². The highest BCUT2D eigenvalue weighted by Crippen LogP contribution is 2.22. The summed E-state index contributed by atoms with van der Waals surface area (Å²) < 4.78 is 45.5. The maximum absolute atomic E-state index is 13.8. The second-order valence-corrected chi connectivity index (χ2v) is 9.38. The molecule has 1 aliphatic rings. The monoisotopic (exact) mass is 434 g/mol. The van der Waals surface area contributed by atoms with Crippen LogP contribution in [0.3, 0.4) is 0 Å². The first-order valence-corrected chi connectivity index (χ1v) is 11.6. The zero-order valence-corrected chi connectivity index (χ0v) is 17.8. The summed E-state index contributed by atoms with van der Waals surface area (Å²) in [6.07, 6.45) is 1.64. The van der Waals surface area contributed by atoms with Crippen LogP contribution < -0.4 is 10.1 Å². The van der Waals surface area contributed by atoms with Gasteiger partial charge in [-0.3, -0.25) is 4.79 Å². The van der Waals surface area contributed by atoms with Gasteiger partial charge in [0.15, 0.2) is 0 Å². The van der Waals surface area contributed by atoms with E-state index in [1.165, 1.54) is 22.5 Å². The van der Waals surface area contributed by atoms with E-state index in [9.17, 15) is 17.6 Å². The molecule has 0 spiro atoms. The Balaban J connectivity index is 1.45. The molecule has 8 heteroatoms. The number of carbonyl (C=O) groups is 1. The van der Waals surface area contributed by atoms with E-state index in [4.69, 9.17) is 4.74 Å². The second kappa shape index (κ2) is 10.0. The molecule has 2 aromatic rings. The summed E-state index contributed by atoms with van der Waals surface area (Å²) in [6, 6.07) is 13.6. The van der Waals surface area contributed by atoms with Gasteiger partial charge in [0.2, 0.25) is 15.9 Å². The van der Waals surface area contributed by atoms with Crippen LogP contribution in [0.4, 0.5) is 4.39 Å². The molecule has 0 bridgehead atoms. The number of sulfonamides is 1. The van der Waals surface area contributed by atoms with Gasteiger partial charge in [-0.15, -0.1) is 0 Å². The Labute approximate surface area is 177 Å². The van der Waals surface area contributed by atoms with Crippen LogP contribution in [-0.4, -0.2) is 45.4 Å². The summed E-state index contributed by atoms with van der Waals surface area (Å²) in [6.45, 7) is 1.07. The molecule has 0 aliphatic carbocycles. The maximum Gasteiger partial charge on any atom is 0.223 e. The molecule has 162 valence electrons. The minimum Gasteiger partial charge on any atom is -0.497 e. The van der Waals surface area contributed by atoms with Gasteiger partial charge in [-0.2, -0.15) is 0 Å².